The molecule has 0 spiro atoms. The SMILES string of the molecule is CCOCc1nc(NC)cc(NCc2cnccc2C)n1. The molecule has 2 rings (SSSR count). The second-order valence-corrected chi connectivity index (χ2v) is 4.60. The van der Waals surface area contributed by atoms with Crippen molar-refractivity contribution >= 4 is 11.6 Å². The van der Waals surface area contributed by atoms with E-state index < -0.39 is 0 Å². The molecule has 0 amide bonds. The smallest absolute Gasteiger partial charge is 0.158 e. The first-order valence-electron chi connectivity index (χ1n) is 6.99. The monoisotopic (exact) mass is 287 g/mol. The van der Waals surface area contributed by atoms with Gasteiger partial charge in [-0.05, 0) is 31.0 Å². The van der Waals surface area contributed by atoms with Crippen molar-refractivity contribution in [1.82, 2.24) is 15.0 Å². The Morgan fingerprint density at radius 3 is 2.76 bits per heavy atom. The van der Waals surface area contributed by atoms with Crippen LogP contribution in [-0.2, 0) is 17.9 Å². The van der Waals surface area contributed by atoms with E-state index >= 15 is 0 Å². The Morgan fingerprint density at radius 2 is 2.05 bits per heavy atom. The van der Waals surface area contributed by atoms with Gasteiger partial charge in [-0.25, -0.2) is 9.97 Å². The van der Waals surface area contributed by atoms with E-state index in [0.717, 1.165) is 17.2 Å². The number of hydrogen-bond acceptors (Lipinski definition) is 6. The van der Waals surface area contributed by atoms with E-state index in [1.807, 2.05) is 32.3 Å². The molecule has 0 unspecified atom stereocenters. The first-order chi connectivity index (χ1) is 10.2. The van der Waals surface area contributed by atoms with Crippen molar-refractivity contribution in [2.45, 2.75) is 27.0 Å². The number of aryl methyl sites for hydroxylation is 1. The summed E-state index contributed by atoms with van der Waals surface area (Å²) >= 11 is 0. The Balaban J connectivity index is 2.09. The topological polar surface area (TPSA) is 72.0 Å². The maximum atomic E-state index is 5.37. The molecular formula is C15H21N5O. The molecule has 0 aromatic carbocycles. The Morgan fingerprint density at radius 1 is 1.24 bits per heavy atom. The summed E-state index contributed by atoms with van der Waals surface area (Å²) in [6, 6.07) is 3.87. The number of nitrogens with one attached hydrogen (secondary N) is 2. The van der Waals surface area contributed by atoms with E-state index in [-0.39, 0.29) is 0 Å². The fraction of sp³-hybridized carbons (Fsp3) is 0.400. The highest BCUT2D eigenvalue weighted by molar-refractivity contribution is 5.47. The average Bonchev–Trinajstić information content (AvgIpc) is 2.52. The molecule has 0 radical (unpaired) electrons. The Kier molecular flexibility index (Phi) is 5.45. The van der Waals surface area contributed by atoms with Gasteiger partial charge in [0.2, 0.25) is 0 Å². The maximum Gasteiger partial charge on any atom is 0.158 e. The first kappa shape index (κ1) is 15.2. The Bertz CT molecular complexity index is 588. The number of aromatic nitrogens is 3. The van der Waals surface area contributed by atoms with Crippen molar-refractivity contribution < 1.29 is 4.74 Å². The molecule has 6 heteroatoms. The van der Waals surface area contributed by atoms with Crippen molar-refractivity contribution in [3.05, 3.63) is 41.5 Å². The van der Waals surface area contributed by atoms with Crippen LogP contribution in [0, 0.1) is 6.92 Å². The summed E-state index contributed by atoms with van der Waals surface area (Å²) in [4.78, 5) is 13.0. The fourth-order valence-corrected chi connectivity index (χ4v) is 1.84. The molecule has 0 atom stereocenters. The molecule has 21 heavy (non-hydrogen) atoms. The summed E-state index contributed by atoms with van der Waals surface area (Å²) in [5.74, 6) is 2.20. The lowest BCUT2D eigenvalue weighted by Gasteiger charge is -2.11. The molecule has 0 saturated heterocycles. The number of pyridine rings is 1. The van der Waals surface area contributed by atoms with Gasteiger partial charge >= 0.3 is 0 Å². The molecule has 2 N–H and O–H groups in total. The number of nitrogens with zero attached hydrogens (tertiary/aromatic N) is 3. The van der Waals surface area contributed by atoms with Crippen LogP contribution < -0.4 is 10.6 Å². The highest BCUT2D eigenvalue weighted by Gasteiger charge is 2.05. The van der Waals surface area contributed by atoms with Crippen molar-refractivity contribution in [2.24, 2.45) is 0 Å². The van der Waals surface area contributed by atoms with Crippen molar-refractivity contribution in [3.63, 3.8) is 0 Å². The molecule has 2 aromatic rings. The lowest BCUT2D eigenvalue weighted by Crippen LogP contribution is -2.08. The molecule has 2 heterocycles. The minimum absolute atomic E-state index is 0.409. The minimum Gasteiger partial charge on any atom is -0.374 e. The van der Waals surface area contributed by atoms with E-state index in [9.17, 15) is 0 Å². The molecule has 6 nitrogen and oxygen atoms in total. The van der Waals surface area contributed by atoms with Crippen LogP contribution in [-0.4, -0.2) is 28.6 Å². The molecule has 2 aromatic heterocycles. The van der Waals surface area contributed by atoms with Gasteiger partial charge in [0.25, 0.3) is 0 Å². The standard InChI is InChI=1S/C15H21N5O/c1-4-21-10-15-19-13(16-3)7-14(20-15)18-9-12-8-17-6-5-11(12)2/h5-8H,4,9-10H2,1-3H3,(H2,16,18,19,20). The fourth-order valence-electron chi connectivity index (χ4n) is 1.84. The van der Waals surface area contributed by atoms with E-state index in [1.54, 1.807) is 6.20 Å². The quantitative estimate of drug-likeness (QED) is 0.814. The van der Waals surface area contributed by atoms with Crippen molar-refractivity contribution in [2.75, 3.05) is 24.3 Å². The summed E-state index contributed by atoms with van der Waals surface area (Å²) in [6.07, 6.45) is 3.66. The normalized spacial score (nSPS) is 10.4. The zero-order valence-electron chi connectivity index (χ0n) is 12.7. The van der Waals surface area contributed by atoms with Gasteiger partial charge in [-0.15, -0.1) is 0 Å². The van der Waals surface area contributed by atoms with Crippen LogP contribution in [0.4, 0.5) is 11.6 Å². The molecule has 0 aliphatic carbocycles. The van der Waals surface area contributed by atoms with Crippen LogP contribution in [0.25, 0.3) is 0 Å². The number of ether oxygens (including phenoxy) is 1. The average molecular weight is 287 g/mol. The van der Waals surface area contributed by atoms with Gasteiger partial charge in [0, 0.05) is 38.7 Å². The zero-order chi connectivity index (χ0) is 15.1. The molecule has 0 saturated carbocycles. The predicted molar refractivity (Wildman–Crippen MR) is 83.2 cm³/mol. The Hall–Kier alpha value is -2.21. The summed E-state index contributed by atoms with van der Waals surface area (Å²) in [7, 11) is 1.84. The summed E-state index contributed by atoms with van der Waals surface area (Å²) in [5.41, 5.74) is 2.35. The third-order valence-corrected chi connectivity index (χ3v) is 3.07. The van der Waals surface area contributed by atoms with Gasteiger partial charge in [0.1, 0.15) is 18.2 Å². The largest absolute Gasteiger partial charge is 0.374 e. The second kappa shape index (κ2) is 7.54. The third-order valence-electron chi connectivity index (χ3n) is 3.07. The van der Waals surface area contributed by atoms with Gasteiger partial charge < -0.3 is 15.4 Å². The number of rotatable bonds is 7. The lowest BCUT2D eigenvalue weighted by molar-refractivity contribution is 0.128. The summed E-state index contributed by atoms with van der Waals surface area (Å²) < 4.78 is 5.37. The third kappa shape index (κ3) is 4.39. The Labute approximate surface area is 125 Å². The van der Waals surface area contributed by atoms with Crippen LogP contribution in [0.3, 0.4) is 0 Å². The minimum atomic E-state index is 0.409. The molecular weight excluding hydrogens is 266 g/mol. The van der Waals surface area contributed by atoms with Crippen molar-refractivity contribution in [3.8, 4) is 0 Å². The van der Waals surface area contributed by atoms with Crippen LogP contribution in [0.1, 0.15) is 23.9 Å². The van der Waals surface area contributed by atoms with Gasteiger partial charge in [-0.2, -0.15) is 0 Å². The molecule has 0 aliphatic heterocycles. The lowest BCUT2D eigenvalue weighted by atomic mass is 10.1. The summed E-state index contributed by atoms with van der Waals surface area (Å²) in [5, 5.41) is 6.34. The van der Waals surface area contributed by atoms with E-state index in [0.29, 0.717) is 25.6 Å². The molecule has 0 bridgehead atoms. The highest BCUT2D eigenvalue weighted by atomic mass is 16.5. The van der Waals surface area contributed by atoms with Crippen LogP contribution in [0.2, 0.25) is 0 Å². The van der Waals surface area contributed by atoms with Gasteiger partial charge in [0.15, 0.2) is 5.82 Å². The van der Waals surface area contributed by atoms with E-state index in [2.05, 4.69) is 32.5 Å². The molecule has 0 fully saturated rings. The van der Waals surface area contributed by atoms with Gasteiger partial charge in [-0.3, -0.25) is 4.98 Å². The van der Waals surface area contributed by atoms with Gasteiger partial charge in [0.05, 0.1) is 0 Å². The van der Waals surface area contributed by atoms with Crippen LogP contribution in [0.15, 0.2) is 24.5 Å². The predicted octanol–water partition coefficient (Wildman–Crippen LogP) is 2.37. The van der Waals surface area contributed by atoms with E-state index in [4.69, 9.17) is 4.74 Å². The van der Waals surface area contributed by atoms with Crippen LogP contribution >= 0.6 is 0 Å². The van der Waals surface area contributed by atoms with E-state index in [1.165, 1.54) is 5.56 Å². The highest BCUT2D eigenvalue weighted by Crippen LogP contribution is 2.14. The molecule has 0 aliphatic rings. The summed E-state index contributed by atoms with van der Waals surface area (Å²) in [6.45, 7) is 5.75. The second-order valence-electron chi connectivity index (χ2n) is 4.60. The number of anilines is 2. The van der Waals surface area contributed by atoms with Gasteiger partial charge in [-0.1, -0.05) is 0 Å². The first-order valence-corrected chi connectivity index (χ1v) is 6.99. The maximum absolute atomic E-state index is 5.37. The van der Waals surface area contributed by atoms with Crippen molar-refractivity contribution in [1.29, 1.82) is 0 Å². The van der Waals surface area contributed by atoms with Crippen LogP contribution in [0.5, 0.6) is 0 Å². The number of hydrogen-bond donors (Lipinski definition) is 2. The zero-order valence-corrected chi connectivity index (χ0v) is 12.7. The molecule has 112 valence electrons.